The van der Waals surface area contributed by atoms with E-state index in [-0.39, 0.29) is 12.2 Å². The fourth-order valence-electron chi connectivity index (χ4n) is 2.32. The largest absolute Gasteiger partial charge is 0.484 e. The number of hydrogen-bond donors (Lipinski definition) is 2. The summed E-state index contributed by atoms with van der Waals surface area (Å²) in [6, 6.07) is 16.6. The molecule has 0 atom stereocenters. The molecule has 25 heavy (non-hydrogen) atoms. The Hall–Kier alpha value is -3.41. The second-order valence-corrected chi connectivity index (χ2v) is 5.54. The first-order valence-corrected chi connectivity index (χ1v) is 7.75. The number of rotatable bonds is 5. The molecule has 0 radical (unpaired) electrons. The van der Waals surface area contributed by atoms with Crippen LogP contribution in [0.15, 0.2) is 64.5 Å². The van der Waals surface area contributed by atoms with Crippen LogP contribution >= 0.6 is 0 Å². The highest BCUT2D eigenvalue weighted by Crippen LogP contribution is 2.12. The molecule has 2 aromatic carbocycles. The SMILES string of the molecule is Cc1cccc(OCC(=O)NN=Cc2cc3ccccc3[nH]c2=O)c1. The van der Waals surface area contributed by atoms with E-state index in [0.29, 0.717) is 11.3 Å². The molecule has 0 fully saturated rings. The zero-order chi connectivity index (χ0) is 17.6. The number of benzene rings is 2. The van der Waals surface area contributed by atoms with Gasteiger partial charge in [-0.3, -0.25) is 9.59 Å². The molecule has 3 rings (SSSR count). The number of aromatic amines is 1. The van der Waals surface area contributed by atoms with E-state index < -0.39 is 5.91 Å². The number of carbonyl (C=O) groups excluding carboxylic acids is 1. The Morgan fingerprint density at radius 1 is 1.20 bits per heavy atom. The van der Waals surface area contributed by atoms with Crippen molar-refractivity contribution in [2.75, 3.05) is 6.61 Å². The van der Waals surface area contributed by atoms with Gasteiger partial charge in [-0.25, -0.2) is 5.43 Å². The molecule has 6 heteroatoms. The van der Waals surface area contributed by atoms with Crippen LogP contribution in [0.3, 0.4) is 0 Å². The predicted octanol–water partition coefficient (Wildman–Crippen LogP) is 2.37. The summed E-state index contributed by atoms with van der Waals surface area (Å²) in [6.45, 7) is 1.78. The van der Waals surface area contributed by atoms with Gasteiger partial charge in [-0.05, 0) is 42.1 Å². The molecule has 0 spiro atoms. The third-order valence-corrected chi connectivity index (χ3v) is 3.53. The summed E-state index contributed by atoms with van der Waals surface area (Å²) in [5.41, 5.74) is 4.23. The van der Waals surface area contributed by atoms with Gasteiger partial charge in [0.2, 0.25) is 0 Å². The van der Waals surface area contributed by atoms with Crippen molar-refractivity contribution >= 4 is 23.0 Å². The minimum Gasteiger partial charge on any atom is -0.484 e. The van der Waals surface area contributed by atoms with Crippen molar-refractivity contribution in [3.63, 3.8) is 0 Å². The van der Waals surface area contributed by atoms with E-state index in [1.807, 2.05) is 49.4 Å². The van der Waals surface area contributed by atoms with Crippen LogP contribution < -0.4 is 15.7 Å². The minimum atomic E-state index is -0.407. The fraction of sp³-hybridized carbons (Fsp3) is 0.105. The van der Waals surface area contributed by atoms with Crippen LogP contribution in [0.2, 0.25) is 0 Å². The maximum atomic E-state index is 12.0. The third kappa shape index (κ3) is 4.32. The highest BCUT2D eigenvalue weighted by atomic mass is 16.5. The van der Waals surface area contributed by atoms with E-state index in [9.17, 15) is 9.59 Å². The average molecular weight is 335 g/mol. The molecule has 1 aromatic heterocycles. The topological polar surface area (TPSA) is 83.5 Å². The fourth-order valence-corrected chi connectivity index (χ4v) is 2.32. The summed E-state index contributed by atoms with van der Waals surface area (Å²) in [5.74, 6) is 0.208. The number of H-pyrrole nitrogens is 1. The lowest BCUT2D eigenvalue weighted by Crippen LogP contribution is -2.25. The predicted molar refractivity (Wildman–Crippen MR) is 97.0 cm³/mol. The van der Waals surface area contributed by atoms with Gasteiger partial charge in [0.1, 0.15) is 5.75 Å². The van der Waals surface area contributed by atoms with Crippen molar-refractivity contribution in [3.05, 3.63) is 76.1 Å². The van der Waals surface area contributed by atoms with Crippen molar-refractivity contribution in [2.24, 2.45) is 5.10 Å². The van der Waals surface area contributed by atoms with Gasteiger partial charge in [0, 0.05) is 5.52 Å². The van der Waals surface area contributed by atoms with E-state index in [2.05, 4.69) is 15.5 Å². The molecule has 0 aliphatic heterocycles. The number of fused-ring (bicyclic) bond motifs is 1. The molecular formula is C19H17N3O3. The first-order valence-electron chi connectivity index (χ1n) is 7.75. The van der Waals surface area contributed by atoms with Crippen molar-refractivity contribution in [1.29, 1.82) is 0 Å². The normalized spacial score (nSPS) is 10.9. The Balaban J connectivity index is 1.60. The van der Waals surface area contributed by atoms with Gasteiger partial charge in [0.25, 0.3) is 11.5 Å². The lowest BCUT2D eigenvalue weighted by Gasteiger charge is -2.05. The molecule has 0 bridgehead atoms. The molecule has 6 nitrogen and oxygen atoms in total. The van der Waals surface area contributed by atoms with Gasteiger partial charge in [0.15, 0.2) is 6.61 Å². The highest BCUT2D eigenvalue weighted by Gasteiger charge is 2.03. The van der Waals surface area contributed by atoms with Crippen LogP contribution in [0.1, 0.15) is 11.1 Å². The Bertz CT molecular complexity index is 992. The number of hydrogen-bond acceptors (Lipinski definition) is 4. The van der Waals surface area contributed by atoms with Gasteiger partial charge in [-0.15, -0.1) is 0 Å². The Labute approximate surface area is 144 Å². The van der Waals surface area contributed by atoms with Crippen LogP contribution in [0.25, 0.3) is 10.9 Å². The minimum absolute atomic E-state index is 0.158. The van der Waals surface area contributed by atoms with Gasteiger partial charge in [-0.2, -0.15) is 5.10 Å². The van der Waals surface area contributed by atoms with Gasteiger partial charge in [0.05, 0.1) is 11.8 Å². The van der Waals surface area contributed by atoms with E-state index in [4.69, 9.17) is 4.74 Å². The van der Waals surface area contributed by atoms with E-state index >= 15 is 0 Å². The quantitative estimate of drug-likeness (QED) is 0.554. The summed E-state index contributed by atoms with van der Waals surface area (Å²) < 4.78 is 5.38. The second-order valence-electron chi connectivity index (χ2n) is 5.54. The Kier molecular flexibility index (Phi) is 4.89. The molecule has 3 aromatic rings. The summed E-state index contributed by atoms with van der Waals surface area (Å²) in [5, 5.41) is 4.70. The number of aromatic nitrogens is 1. The Morgan fingerprint density at radius 2 is 2.04 bits per heavy atom. The van der Waals surface area contributed by atoms with Crippen molar-refractivity contribution in [2.45, 2.75) is 6.92 Å². The van der Waals surface area contributed by atoms with Crippen molar-refractivity contribution in [3.8, 4) is 5.75 Å². The molecule has 1 amide bonds. The van der Waals surface area contributed by atoms with Crippen LogP contribution in [-0.2, 0) is 4.79 Å². The van der Waals surface area contributed by atoms with Crippen LogP contribution in [0, 0.1) is 6.92 Å². The van der Waals surface area contributed by atoms with Crippen molar-refractivity contribution < 1.29 is 9.53 Å². The molecule has 2 N–H and O–H groups in total. The Morgan fingerprint density at radius 3 is 2.88 bits per heavy atom. The number of hydrazone groups is 1. The van der Waals surface area contributed by atoms with Gasteiger partial charge < -0.3 is 9.72 Å². The number of pyridine rings is 1. The molecule has 126 valence electrons. The number of para-hydroxylation sites is 1. The molecule has 0 aliphatic rings. The van der Waals surface area contributed by atoms with E-state index in [0.717, 1.165) is 16.5 Å². The lowest BCUT2D eigenvalue weighted by molar-refractivity contribution is -0.123. The molecule has 0 unspecified atom stereocenters. The van der Waals surface area contributed by atoms with Crippen LogP contribution in [-0.4, -0.2) is 23.7 Å². The van der Waals surface area contributed by atoms with E-state index in [1.165, 1.54) is 6.21 Å². The second kappa shape index (κ2) is 7.44. The lowest BCUT2D eigenvalue weighted by atomic mass is 10.2. The van der Waals surface area contributed by atoms with Crippen LogP contribution in [0.5, 0.6) is 5.75 Å². The molecule has 0 saturated carbocycles. The number of ether oxygens (including phenoxy) is 1. The summed E-state index contributed by atoms with van der Waals surface area (Å²) in [4.78, 5) is 26.5. The number of amides is 1. The molecule has 0 saturated heterocycles. The first kappa shape index (κ1) is 16.4. The first-order chi connectivity index (χ1) is 12.1. The molecule has 1 heterocycles. The standard InChI is InChI=1S/C19H17N3O3/c1-13-5-4-7-16(9-13)25-12-18(23)22-20-11-15-10-14-6-2-3-8-17(14)21-19(15)24/h2-11H,12H2,1H3,(H,21,24)(H,22,23). The van der Waals surface area contributed by atoms with Crippen LogP contribution in [0.4, 0.5) is 0 Å². The van der Waals surface area contributed by atoms with Crippen molar-refractivity contribution in [1.82, 2.24) is 10.4 Å². The summed E-state index contributed by atoms with van der Waals surface area (Å²) in [6.07, 6.45) is 1.32. The number of aryl methyl sites for hydroxylation is 1. The third-order valence-electron chi connectivity index (χ3n) is 3.53. The summed E-state index contributed by atoms with van der Waals surface area (Å²) in [7, 11) is 0. The van der Waals surface area contributed by atoms with E-state index in [1.54, 1.807) is 12.1 Å². The monoisotopic (exact) mass is 335 g/mol. The number of nitrogens with zero attached hydrogens (tertiary/aromatic N) is 1. The maximum Gasteiger partial charge on any atom is 0.277 e. The summed E-state index contributed by atoms with van der Waals surface area (Å²) >= 11 is 0. The van der Waals surface area contributed by atoms with Gasteiger partial charge >= 0.3 is 0 Å². The average Bonchev–Trinajstić information content (AvgIpc) is 2.60. The van der Waals surface area contributed by atoms with Gasteiger partial charge in [-0.1, -0.05) is 30.3 Å². The highest BCUT2D eigenvalue weighted by molar-refractivity contribution is 5.88. The number of nitrogens with one attached hydrogen (secondary N) is 2. The maximum absolute atomic E-state index is 12.0. The molecule has 0 aliphatic carbocycles. The smallest absolute Gasteiger partial charge is 0.277 e. The molecular weight excluding hydrogens is 318 g/mol. The zero-order valence-electron chi connectivity index (χ0n) is 13.7. The number of carbonyl (C=O) groups is 1. The zero-order valence-corrected chi connectivity index (χ0v) is 13.7.